The monoisotopic (exact) mass is 326 g/mol. The first-order valence-corrected chi connectivity index (χ1v) is 7.74. The second kappa shape index (κ2) is 8.39. The van der Waals surface area contributed by atoms with Crippen LogP contribution in [0.5, 0.6) is 5.75 Å². The lowest BCUT2D eigenvalue weighted by atomic mass is 9.73. The second-order valence-corrected chi connectivity index (χ2v) is 6.59. The van der Waals surface area contributed by atoms with Crippen LogP contribution in [-0.2, 0) is 4.79 Å². The summed E-state index contributed by atoms with van der Waals surface area (Å²) >= 11 is 0. The molecule has 22 heavy (non-hydrogen) atoms. The molecular weight excluding hydrogens is 300 g/mol. The summed E-state index contributed by atoms with van der Waals surface area (Å²) in [7, 11) is 0. The van der Waals surface area contributed by atoms with Gasteiger partial charge in [0.05, 0.1) is 0 Å². The summed E-state index contributed by atoms with van der Waals surface area (Å²) in [6.45, 7) is 5.56. The molecule has 2 rings (SSSR count). The van der Waals surface area contributed by atoms with E-state index in [2.05, 4.69) is 19.2 Å². The lowest BCUT2D eigenvalue weighted by Gasteiger charge is -2.33. The molecule has 1 aliphatic carbocycles. The summed E-state index contributed by atoms with van der Waals surface area (Å²) in [5.74, 6) is 1.06. The molecule has 0 radical (unpaired) electrons. The Morgan fingerprint density at radius 2 is 1.86 bits per heavy atom. The highest BCUT2D eigenvalue weighted by Crippen LogP contribution is 2.38. The number of benzene rings is 1. The zero-order valence-electron chi connectivity index (χ0n) is 13.4. The van der Waals surface area contributed by atoms with Crippen molar-refractivity contribution in [3.05, 3.63) is 24.3 Å². The third-order valence-electron chi connectivity index (χ3n) is 4.22. The molecule has 0 atom stereocenters. The fourth-order valence-corrected chi connectivity index (χ4v) is 2.72. The van der Waals surface area contributed by atoms with Crippen LogP contribution in [0.15, 0.2) is 24.3 Å². The van der Waals surface area contributed by atoms with Crippen LogP contribution in [0.2, 0.25) is 0 Å². The molecular formula is C17H27ClN2O2. The van der Waals surface area contributed by atoms with Gasteiger partial charge in [0, 0.05) is 18.2 Å². The van der Waals surface area contributed by atoms with Gasteiger partial charge in [-0.1, -0.05) is 13.8 Å². The molecule has 1 aromatic rings. The Kier molecular flexibility index (Phi) is 7.17. The van der Waals surface area contributed by atoms with Crippen LogP contribution in [-0.4, -0.2) is 19.1 Å². The summed E-state index contributed by atoms with van der Waals surface area (Å²) in [5.41, 5.74) is 6.60. The Bertz CT molecular complexity index is 464. The van der Waals surface area contributed by atoms with Gasteiger partial charge < -0.3 is 15.8 Å². The molecule has 0 spiro atoms. The Balaban J connectivity index is 0.00000242. The molecule has 0 heterocycles. The summed E-state index contributed by atoms with van der Waals surface area (Å²) in [5, 5.41) is 3.00. The predicted molar refractivity (Wildman–Crippen MR) is 92.6 cm³/mol. The first-order chi connectivity index (χ1) is 10.00. The highest BCUT2D eigenvalue weighted by atomic mass is 35.5. The van der Waals surface area contributed by atoms with Gasteiger partial charge in [0.2, 0.25) is 5.91 Å². The number of carbonyl (C=O) groups excluding carboxylic acids is 1. The largest absolute Gasteiger partial charge is 0.492 e. The summed E-state index contributed by atoms with van der Waals surface area (Å²) < 4.78 is 5.42. The van der Waals surface area contributed by atoms with E-state index in [0.717, 1.165) is 37.1 Å². The maximum Gasteiger partial charge on any atom is 0.227 e. The van der Waals surface area contributed by atoms with E-state index in [1.807, 2.05) is 24.3 Å². The second-order valence-electron chi connectivity index (χ2n) is 6.59. The van der Waals surface area contributed by atoms with Crippen LogP contribution in [0.3, 0.4) is 0 Å². The van der Waals surface area contributed by atoms with Gasteiger partial charge in [-0.05, 0) is 55.4 Å². The van der Waals surface area contributed by atoms with Gasteiger partial charge in [-0.3, -0.25) is 4.79 Å². The molecule has 0 aliphatic heterocycles. The Hall–Kier alpha value is -1.26. The molecule has 0 saturated heterocycles. The molecule has 4 nitrogen and oxygen atoms in total. The maximum atomic E-state index is 12.3. The first kappa shape index (κ1) is 18.8. The van der Waals surface area contributed by atoms with Crippen LogP contribution in [0, 0.1) is 11.3 Å². The third kappa shape index (κ3) is 5.50. The van der Waals surface area contributed by atoms with Gasteiger partial charge in [0.25, 0.3) is 0 Å². The van der Waals surface area contributed by atoms with Crippen LogP contribution in [0.1, 0.15) is 39.5 Å². The normalized spacial score (nSPS) is 17.4. The fraction of sp³-hybridized carbons (Fsp3) is 0.588. The summed E-state index contributed by atoms with van der Waals surface area (Å²) in [4.78, 5) is 12.3. The zero-order valence-corrected chi connectivity index (χ0v) is 14.2. The topological polar surface area (TPSA) is 64.3 Å². The zero-order chi connectivity index (χ0) is 15.3. The van der Waals surface area contributed by atoms with Crippen molar-refractivity contribution in [2.75, 3.05) is 18.5 Å². The van der Waals surface area contributed by atoms with Gasteiger partial charge in [-0.25, -0.2) is 0 Å². The maximum absolute atomic E-state index is 12.3. The van der Waals surface area contributed by atoms with Crippen molar-refractivity contribution in [1.82, 2.24) is 0 Å². The van der Waals surface area contributed by atoms with Crippen molar-refractivity contribution >= 4 is 24.0 Å². The standard InChI is InChI=1S/C17H26N2O2.ClH/c1-17(2)9-7-13(8-10-17)16(20)19-14-3-5-15(6-4-14)21-12-11-18;/h3-6,13H,7-12,18H2,1-2H3,(H,19,20);1H. The lowest BCUT2D eigenvalue weighted by molar-refractivity contribution is -0.121. The predicted octanol–water partition coefficient (Wildman–Crippen LogP) is 3.60. The lowest BCUT2D eigenvalue weighted by Crippen LogP contribution is -2.30. The summed E-state index contributed by atoms with van der Waals surface area (Å²) in [6.07, 6.45) is 4.21. The van der Waals surface area contributed by atoms with Crippen LogP contribution in [0.25, 0.3) is 0 Å². The van der Waals surface area contributed by atoms with E-state index in [4.69, 9.17) is 10.5 Å². The van der Waals surface area contributed by atoms with Crippen LogP contribution < -0.4 is 15.8 Å². The smallest absolute Gasteiger partial charge is 0.227 e. The average Bonchev–Trinajstić information content (AvgIpc) is 2.46. The number of halogens is 1. The minimum Gasteiger partial charge on any atom is -0.492 e. The minimum absolute atomic E-state index is 0. The van der Waals surface area contributed by atoms with Crippen molar-refractivity contribution in [1.29, 1.82) is 0 Å². The van der Waals surface area contributed by atoms with Crippen LogP contribution >= 0.6 is 12.4 Å². The van der Waals surface area contributed by atoms with Crippen molar-refractivity contribution in [2.45, 2.75) is 39.5 Å². The molecule has 0 unspecified atom stereocenters. The van der Waals surface area contributed by atoms with E-state index < -0.39 is 0 Å². The molecule has 0 aromatic heterocycles. The Morgan fingerprint density at radius 1 is 1.27 bits per heavy atom. The quantitative estimate of drug-likeness (QED) is 0.869. The van der Waals surface area contributed by atoms with Crippen molar-refractivity contribution < 1.29 is 9.53 Å². The van der Waals surface area contributed by atoms with Gasteiger partial charge in [-0.15, -0.1) is 12.4 Å². The molecule has 3 N–H and O–H groups in total. The fourth-order valence-electron chi connectivity index (χ4n) is 2.72. The number of nitrogens with two attached hydrogens (primary N) is 1. The van der Waals surface area contributed by atoms with Gasteiger partial charge in [0.15, 0.2) is 0 Å². The number of carbonyl (C=O) groups is 1. The highest BCUT2D eigenvalue weighted by molar-refractivity contribution is 5.92. The molecule has 1 aliphatic rings. The number of rotatable bonds is 5. The molecule has 0 bridgehead atoms. The van der Waals surface area contributed by atoms with E-state index in [-0.39, 0.29) is 24.2 Å². The van der Waals surface area contributed by atoms with E-state index in [9.17, 15) is 4.79 Å². The minimum atomic E-state index is 0. The molecule has 1 aromatic carbocycles. The Labute approximate surface area is 139 Å². The van der Waals surface area contributed by atoms with Gasteiger partial charge in [-0.2, -0.15) is 0 Å². The van der Waals surface area contributed by atoms with E-state index in [1.54, 1.807) is 0 Å². The number of anilines is 1. The third-order valence-corrected chi connectivity index (χ3v) is 4.22. The first-order valence-electron chi connectivity index (χ1n) is 7.74. The average molecular weight is 327 g/mol. The van der Waals surface area contributed by atoms with E-state index in [0.29, 0.717) is 18.6 Å². The molecule has 1 fully saturated rings. The van der Waals surface area contributed by atoms with Crippen molar-refractivity contribution in [2.24, 2.45) is 17.1 Å². The number of hydrogen-bond acceptors (Lipinski definition) is 3. The molecule has 124 valence electrons. The molecule has 1 amide bonds. The van der Waals surface area contributed by atoms with Gasteiger partial charge >= 0.3 is 0 Å². The number of amides is 1. The Morgan fingerprint density at radius 3 is 2.41 bits per heavy atom. The number of ether oxygens (including phenoxy) is 1. The van der Waals surface area contributed by atoms with Crippen LogP contribution in [0.4, 0.5) is 5.69 Å². The van der Waals surface area contributed by atoms with Crippen molar-refractivity contribution in [3.8, 4) is 5.75 Å². The van der Waals surface area contributed by atoms with Gasteiger partial charge in [0.1, 0.15) is 12.4 Å². The summed E-state index contributed by atoms with van der Waals surface area (Å²) in [6, 6.07) is 7.46. The van der Waals surface area contributed by atoms with Crippen molar-refractivity contribution in [3.63, 3.8) is 0 Å². The number of nitrogens with one attached hydrogen (secondary N) is 1. The highest BCUT2D eigenvalue weighted by Gasteiger charge is 2.30. The number of hydrogen-bond donors (Lipinski definition) is 2. The molecule has 1 saturated carbocycles. The SMILES string of the molecule is CC1(C)CCC(C(=O)Nc2ccc(OCCN)cc2)CC1.Cl. The molecule has 5 heteroatoms. The van der Waals surface area contributed by atoms with E-state index in [1.165, 1.54) is 0 Å². The van der Waals surface area contributed by atoms with E-state index >= 15 is 0 Å².